The molecule has 1 fully saturated rings. The van der Waals surface area contributed by atoms with Gasteiger partial charge in [0.15, 0.2) is 0 Å². The number of aliphatic carboxylic acids is 1. The van der Waals surface area contributed by atoms with Gasteiger partial charge in [-0.3, -0.25) is 10.1 Å². The van der Waals surface area contributed by atoms with Gasteiger partial charge in [-0.2, -0.15) is 0 Å². The van der Waals surface area contributed by atoms with Crippen molar-refractivity contribution in [2.75, 3.05) is 13.2 Å². The maximum Gasteiger partial charge on any atom is 0.323 e. The Kier molecular flexibility index (Phi) is 2.15. The van der Waals surface area contributed by atoms with E-state index in [1.165, 1.54) is 0 Å². The second kappa shape index (κ2) is 2.79. The first-order chi connectivity index (χ1) is 5.01. The van der Waals surface area contributed by atoms with Crippen LogP contribution in [0.25, 0.3) is 0 Å². The second-order valence-corrected chi connectivity index (χ2v) is 3.34. The van der Waals surface area contributed by atoms with Gasteiger partial charge in [-0.15, -0.1) is 0 Å². The number of ether oxygens (including phenoxy) is 1. The summed E-state index contributed by atoms with van der Waals surface area (Å²) in [5.74, 6) is -0.847. The van der Waals surface area contributed by atoms with E-state index in [1.807, 2.05) is 13.8 Å². The molecule has 4 nitrogen and oxygen atoms in total. The molecule has 0 aromatic rings. The molecule has 1 unspecified atom stereocenters. The van der Waals surface area contributed by atoms with Crippen molar-refractivity contribution >= 4 is 5.97 Å². The van der Waals surface area contributed by atoms with E-state index in [2.05, 4.69) is 5.32 Å². The van der Waals surface area contributed by atoms with Gasteiger partial charge in [-0.1, -0.05) is 0 Å². The van der Waals surface area contributed by atoms with Crippen molar-refractivity contribution < 1.29 is 14.6 Å². The van der Waals surface area contributed by atoms with Gasteiger partial charge in [0.2, 0.25) is 0 Å². The van der Waals surface area contributed by atoms with Crippen LogP contribution in [-0.4, -0.2) is 35.9 Å². The fourth-order valence-corrected chi connectivity index (χ4v) is 0.946. The minimum absolute atomic E-state index is 0.230. The normalized spacial score (nSPS) is 29.8. The lowest BCUT2D eigenvalue weighted by atomic mass is 10.1. The van der Waals surface area contributed by atoms with Crippen molar-refractivity contribution in [3.63, 3.8) is 0 Å². The molecule has 0 bridgehead atoms. The van der Waals surface area contributed by atoms with Crippen LogP contribution >= 0.6 is 0 Å². The monoisotopic (exact) mass is 159 g/mol. The number of carbonyl (C=O) groups is 1. The molecule has 0 aromatic heterocycles. The molecule has 1 atom stereocenters. The Bertz CT molecular complexity index is 157. The Hall–Kier alpha value is -0.610. The van der Waals surface area contributed by atoms with E-state index < -0.39 is 12.0 Å². The quantitative estimate of drug-likeness (QED) is 0.558. The smallest absolute Gasteiger partial charge is 0.323 e. The third-order valence-electron chi connectivity index (χ3n) is 1.71. The van der Waals surface area contributed by atoms with E-state index in [0.29, 0.717) is 6.54 Å². The zero-order valence-electron chi connectivity index (χ0n) is 6.76. The van der Waals surface area contributed by atoms with E-state index in [4.69, 9.17) is 9.84 Å². The Morgan fingerprint density at radius 2 is 2.36 bits per heavy atom. The van der Waals surface area contributed by atoms with Crippen LogP contribution < -0.4 is 5.32 Å². The van der Waals surface area contributed by atoms with Gasteiger partial charge in [-0.05, 0) is 13.8 Å². The van der Waals surface area contributed by atoms with Crippen LogP contribution in [0.5, 0.6) is 0 Å². The third kappa shape index (κ3) is 2.17. The number of carboxylic acid groups (broad SMARTS) is 1. The summed E-state index contributed by atoms with van der Waals surface area (Å²) in [6, 6.07) is -0.539. The first-order valence-corrected chi connectivity index (χ1v) is 3.61. The lowest BCUT2D eigenvalue weighted by molar-refractivity contribution is -0.147. The molecule has 1 rings (SSSR count). The van der Waals surface area contributed by atoms with Crippen molar-refractivity contribution in [1.82, 2.24) is 5.32 Å². The second-order valence-electron chi connectivity index (χ2n) is 3.34. The Morgan fingerprint density at radius 1 is 1.73 bits per heavy atom. The molecule has 0 amide bonds. The first kappa shape index (κ1) is 8.49. The highest BCUT2D eigenvalue weighted by Crippen LogP contribution is 2.12. The number of hydrogen-bond donors (Lipinski definition) is 2. The van der Waals surface area contributed by atoms with Crippen LogP contribution in [0.2, 0.25) is 0 Å². The van der Waals surface area contributed by atoms with Gasteiger partial charge in [-0.25, -0.2) is 0 Å². The molecule has 64 valence electrons. The zero-order valence-corrected chi connectivity index (χ0v) is 6.76. The standard InChI is InChI=1S/C7H13NO3/c1-7(2)4-8-5(3-11-7)6(9)10/h5,8H,3-4H2,1-2H3,(H,9,10). The molecular formula is C7H13NO3. The van der Waals surface area contributed by atoms with Gasteiger partial charge in [0, 0.05) is 6.54 Å². The average molecular weight is 159 g/mol. The molecule has 0 aromatic carbocycles. The van der Waals surface area contributed by atoms with Crippen molar-refractivity contribution in [2.24, 2.45) is 0 Å². The Labute approximate surface area is 65.5 Å². The number of hydrogen-bond acceptors (Lipinski definition) is 3. The highest BCUT2D eigenvalue weighted by Gasteiger charge is 2.30. The van der Waals surface area contributed by atoms with Crippen LogP contribution in [0.3, 0.4) is 0 Å². The maximum absolute atomic E-state index is 10.4. The van der Waals surface area contributed by atoms with E-state index in [9.17, 15) is 4.79 Å². The largest absolute Gasteiger partial charge is 0.480 e. The number of nitrogens with one attached hydrogen (secondary N) is 1. The third-order valence-corrected chi connectivity index (χ3v) is 1.71. The summed E-state index contributed by atoms with van der Waals surface area (Å²) < 4.78 is 5.30. The molecule has 1 aliphatic rings. The zero-order chi connectivity index (χ0) is 8.48. The van der Waals surface area contributed by atoms with Gasteiger partial charge in [0.25, 0.3) is 0 Å². The van der Waals surface area contributed by atoms with Crippen LogP contribution in [0.1, 0.15) is 13.8 Å². The number of morpholine rings is 1. The summed E-state index contributed by atoms with van der Waals surface area (Å²) in [5, 5.41) is 11.5. The molecule has 0 spiro atoms. The minimum Gasteiger partial charge on any atom is -0.480 e. The van der Waals surface area contributed by atoms with Crippen LogP contribution in [0.15, 0.2) is 0 Å². The van der Waals surface area contributed by atoms with Crippen molar-refractivity contribution in [1.29, 1.82) is 0 Å². The van der Waals surface area contributed by atoms with E-state index in [-0.39, 0.29) is 12.2 Å². The summed E-state index contributed by atoms with van der Waals surface area (Å²) in [4.78, 5) is 10.4. The molecule has 4 heteroatoms. The van der Waals surface area contributed by atoms with Crippen molar-refractivity contribution in [2.45, 2.75) is 25.5 Å². The maximum atomic E-state index is 10.4. The fraction of sp³-hybridized carbons (Fsp3) is 0.857. The molecule has 1 saturated heterocycles. The summed E-state index contributed by atoms with van der Waals surface area (Å²) >= 11 is 0. The Morgan fingerprint density at radius 3 is 2.73 bits per heavy atom. The molecule has 2 N–H and O–H groups in total. The fourth-order valence-electron chi connectivity index (χ4n) is 0.946. The van der Waals surface area contributed by atoms with Crippen LogP contribution in [-0.2, 0) is 9.53 Å². The summed E-state index contributed by atoms with van der Waals surface area (Å²) in [5.41, 5.74) is -0.230. The molecule has 1 heterocycles. The molecule has 0 saturated carbocycles. The molecule has 1 aliphatic heterocycles. The van der Waals surface area contributed by atoms with E-state index >= 15 is 0 Å². The average Bonchev–Trinajstić information content (AvgIpc) is 1.86. The highest BCUT2D eigenvalue weighted by molar-refractivity contribution is 5.73. The van der Waals surface area contributed by atoms with E-state index in [1.54, 1.807) is 0 Å². The predicted molar refractivity (Wildman–Crippen MR) is 39.5 cm³/mol. The number of rotatable bonds is 1. The molecule has 0 radical (unpaired) electrons. The minimum atomic E-state index is -0.847. The summed E-state index contributed by atoms with van der Waals surface area (Å²) in [6.07, 6.45) is 0. The number of carboxylic acids is 1. The van der Waals surface area contributed by atoms with E-state index in [0.717, 1.165) is 0 Å². The van der Waals surface area contributed by atoms with Crippen LogP contribution in [0, 0.1) is 0 Å². The van der Waals surface area contributed by atoms with Crippen LogP contribution in [0.4, 0.5) is 0 Å². The van der Waals surface area contributed by atoms with Gasteiger partial charge in [0.1, 0.15) is 6.04 Å². The van der Waals surface area contributed by atoms with Gasteiger partial charge in [0.05, 0.1) is 12.2 Å². The SMILES string of the molecule is CC1(C)CNC(C(=O)O)CO1. The van der Waals surface area contributed by atoms with Crippen molar-refractivity contribution in [3.8, 4) is 0 Å². The lowest BCUT2D eigenvalue weighted by Crippen LogP contribution is -2.54. The topological polar surface area (TPSA) is 58.6 Å². The molecule has 11 heavy (non-hydrogen) atoms. The summed E-state index contributed by atoms with van der Waals surface area (Å²) in [7, 11) is 0. The molecule has 0 aliphatic carbocycles. The summed E-state index contributed by atoms with van der Waals surface area (Å²) in [6.45, 7) is 4.70. The highest BCUT2D eigenvalue weighted by atomic mass is 16.5. The molecular weight excluding hydrogens is 146 g/mol. The van der Waals surface area contributed by atoms with Crippen molar-refractivity contribution in [3.05, 3.63) is 0 Å². The van der Waals surface area contributed by atoms with Gasteiger partial charge < -0.3 is 9.84 Å². The predicted octanol–water partition coefficient (Wildman–Crippen LogP) is -0.162. The van der Waals surface area contributed by atoms with Gasteiger partial charge >= 0.3 is 5.97 Å². The Balaban J connectivity index is 2.42. The lowest BCUT2D eigenvalue weighted by Gasteiger charge is -2.33. The first-order valence-electron chi connectivity index (χ1n) is 3.61.